The number of thiophene rings is 1. The van der Waals surface area contributed by atoms with Crippen molar-refractivity contribution in [3.8, 4) is 10.6 Å². The van der Waals surface area contributed by atoms with E-state index < -0.39 is 0 Å². The topological polar surface area (TPSA) is 58.6 Å². The molecule has 0 unspecified atom stereocenters. The normalized spacial score (nSPS) is 19.0. The molecule has 0 atom stereocenters. The van der Waals surface area contributed by atoms with Crippen LogP contribution in [0.3, 0.4) is 0 Å². The molecule has 4 heterocycles. The first-order chi connectivity index (χ1) is 12.7. The van der Waals surface area contributed by atoms with Gasteiger partial charge in [0.2, 0.25) is 5.91 Å². The van der Waals surface area contributed by atoms with E-state index in [0.717, 1.165) is 59.2 Å². The van der Waals surface area contributed by atoms with Crippen molar-refractivity contribution in [2.45, 2.75) is 12.8 Å². The Morgan fingerprint density at radius 2 is 1.85 bits per heavy atom. The number of piperidine rings is 1. The second-order valence-corrected chi connectivity index (χ2v) is 9.04. The van der Waals surface area contributed by atoms with Gasteiger partial charge >= 0.3 is 0 Å². The van der Waals surface area contributed by atoms with Crippen LogP contribution in [0.5, 0.6) is 0 Å². The van der Waals surface area contributed by atoms with Gasteiger partial charge in [0, 0.05) is 32.1 Å². The number of nitrogens with zero attached hydrogens (tertiary/aromatic N) is 4. The van der Waals surface area contributed by atoms with E-state index in [4.69, 9.17) is 4.74 Å². The third-order valence-electron chi connectivity index (χ3n) is 4.97. The number of rotatable bonds is 3. The van der Waals surface area contributed by atoms with E-state index in [-0.39, 0.29) is 11.8 Å². The van der Waals surface area contributed by atoms with Crippen molar-refractivity contribution in [2.24, 2.45) is 5.92 Å². The van der Waals surface area contributed by atoms with Gasteiger partial charge < -0.3 is 14.5 Å². The predicted octanol–water partition coefficient (Wildman–Crippen LogP) is 3.04. The fourth-order valence-corrected chi connectivity index (χ4v) is 4.83. The monoisotopic (exact) mass is 436 g/mol. The zero-order chi connectivity index (χ0) is 17.9. The first kappa shape index (κ1) is 17.9. The summed E-state index contributed by atoms with van der Waals surface area (Å²) >= 11 is 5.13. The van der Waals surface area contributed by atoms with E-state index in [0.29, 0.717) is 13.2 Å². The molecule has 6 nitrogen and oxygen atoms in total. The maximum Gasteiger partial charge on any atom is 0.225 e. The number of aromatic nitrogens is 2. The van der Waals surface area contributed by atoms with Gasteiger partial charge in [0.15, 0.2) is 5.82 Å². The highest BCUT2D eigenvalue weighted by atomic mass is 79.9. The van der Waals surface area contributed by atoms with Gasteiger partial charge in [-0.1, -0.05) is 0 Å². The maximum atomic E-state index is 12.6. The van der Waals surface area contributed by atoms with Crippen LogP contribution < -0.4 is 4.90 Å². The minimum absolute atomic E-state index is 0.125. The number of amides is 1. The Bertz CT molecular complexity index is 753. The Labute approximate surface area is 165 Å². The summed E-state index contributed by atoms with van der Waals surface area (Å²) in [6.07, 6.45) is 1.75. The Hall–Kier alpha value is -1.51. The van der Waals surface area contributed by atoms with Gasteiger partial charge in [-0.25, -0.2) is 0 Å². The van der Waals surface area contributed by atoms with E-state index in [1.54, 1.807) is 11.3 Å². The molecule has 4 rings (SSSR count). The number of ether oxygens (including phenoxy) is 1. The molecule has 26 heavy (non-hydrogen) atoms. The van der Waals surface area contributed by atoms with Crippen LogP contribution in [0.4, 0.5) is 5.82 Å². The molecule has 1 amide bonds. The molecule has 2 aromatic heterocycles. The van der Waals surface area contributed by atoms with Gasteiger partial charge in [0.25, 0.3) is 0 Å². The molecule has 0 N–H and O–H groups in total. The number of hydrogen-bond donors (Lipinski definition) is 0. The van der Waals surface area contributed by atoms with Crippen molar-refractivity contribution in [1.82, 2.24) is 15.1 Å². The zero-order valence-corrected chi connectivity index (χ0v) is 16.8. The lowest BCUT2D eigenvalue weighted by Gasteiger charge is -2.35. The zero-order valence-electron chi connectivity index (χ0n) is 14.4. The third kappa shape index (κ3) is 3.92. The molecule has 0 radical (unpaired) electrons. The highest BCUT2D eigenvalue weighted by Crippen LogP contribution is 2.30. The number of halogens is 1. The second-order valence-electron chi connectivity index (χ2n) is 6.58. The lowest BCUT2D eigenvalue weighted by molar-refractivity contribution is -0.140. The number of anilines is 1. The van der Waals surface area contributed by atoms with Crippen LogP contribution in [0.25, 0.3) is 10.6 Å². The van der Waals surface area contributed by atoms with E-state index in [9.17, 15) is 4.79 Å². The fourth-order valence-electron chi connectivity index (χ4n) is 3.47. The third-order valence-corrected chi connectivity index (χ3v) is 6.61. The van der Waals surface area contributed by atoms with Crippen LogP contribution in [0, 0.1) is 5.92 Å². The largest absolute Gasteiger partial charge is 0.378 e. The second kappa shape index (κ2) is 8.02. The summed E-state index contributed by atoms with van der Waals surface area (Å²) in [7, 11) is 0. The average molecular weight is 437 g/mol. The fraction of sp³-hybridized carbons (Fsp3) is 0.500. The maximum absolute atomic E-state index is 12.6. The molecule has 2 aromatic rings. The van der Waals surface area contributed by atoms with Crippen molar-refractivity contribution in [3.05, 3.63) is 28.1 Å². The summed E-state index contributed by atoms with van der Waals surface area (Å²) in [5.41, 5.74) is 0.891. The molecule has 2 aliphatic rings. The molecule has 2 aliphatic heterocycles. The van der Waals surface area contributed by atoms with Crippen molar-refractivity contribution in [3.63, 3.8) is 0 Å². The van der Waals surface area contributed by atoms with Crippen LogP contribution in [-0.4, -0.2) is 60.4 Å². The number of carbonyl (C=O) groups excluding carboxylic acids is 1. The van der Waals surface area contributed by atoms with Gasteiger partial charge in [0.05, 0.1) is 21.9 Å². The van der Waals surface area contributed by atoms with Gasteiger partial charge in [-0.15, -0.1) is 21.5 Å². The highest BCUT2D eigenvalue weighted by molar-refractivity contribution is 9.11. The molecule has 0 bridgehead atoms. The van der Waals surface area contributed by atoms with E-state index in [1.165, 1.54) is 0 Å². The summed E-state index contributed by atoms with van der Waals surface area (Å²) in [4.78, 5) is 17.9. The van der Waals surface area contributed by atoms with Crippen LogP contribution in [0.15, 0.2) is 28.1 Å². The molecule has 0 aliphatic carbocycles. The van der Waals surface area contributed by atoms with Crippen molar-refractivity contribution < 1.29 is 9.53 Å². The van der Waals surface area contributed by atoms with E-state index in [2.05, 4.69) is 31.0 Å². The molecule has 2 saturated heterocycles. The summed E-state index contributed by atoms with van der Waals surface area (Å²) in [5, 5.41) is 8.78. The summed E-state index contributed by atoms with van der Waals surface area (Å²) in [6, 6.07) is 8.11. The summed E-state index contributed by atoms with van der Waals surface area (Å²) < 4.78 is 6.42. The van der Waals surface area contributed by atoms with E-state index in [1.807, 2.05) is 29.2 Å². The Morgan fingerprint density at radius 1 is 1.08 bits per heavy atom. The molecule has 138 valence electrons. The number of morpholine rings is 1. The predicted molar refractivity (Wildman–Crippen MR) is 105 cm³/mol. The molecule has 0 aromatic carbocycles. The molecule has 0 saturated carbocycles. The van der Waals surface area contributed by atoms with Crippen molar-refractivity contribution >= 4 is 39.0 Å². The summed E-state index contributed by atoms with van der Waals surface area (Å²) in [5.74, 6) is 1.30. The molecule has 0 spiro atoms. The number of carbonyl (C=O) groups is 1. The lowest BCUT2D eigenvalue weighted by atomic mass is 9.95. The standard InChI is InChI=1S/C18H21BrN4O2S/c19-16-3-2-15(26-16)14-1-4-17(21-20-14)22-7-5-13(6-8-22)18(24)23-9-11-25-12-10-23/h1-4,13H,5-12H2. The Morgan fingerprint density at radius 3 is 2.46 bits per heavy atom. The average Bonchev–Trinajstić information content (AvgIpc) is 3.15. The van der Waals surface area contributed by atoms with Crippen LogP contribution in [-0.2, 0) is 9.53 Å². The smallest absolute Gasteiger partial charge is 0.225 e. The SMILES string of the molecule is O=C(C1CCN(c2ccc(-c3ccc(Br)s3)nn2)CC1)N1CCOCC1. The minimum atomic E-state index is 0.125. The first-order valence-corrected chi connectivity index (χ1v) is 10.5. The first-order valence-electron chi connectivity index (χ1n) is 8.91. The molecular weight excluding hydrogens is 416 g/mol. The van der Waals surface area contributed by atoms with Gasteiger partial charge in [-0.05, 0) is 53.0 Å². The van der Waals surface area contributed by atoms with Crippen molar-refractivity contribution in [2.75, 3.05) is 44.3 Å². The quantitative estimate of drug-likeness (QED) is 0.739. The molecule has 2 fully saturated rings. The Balaban J connectivity index is 1.35. The van der Waals surface area contributed by atoms with E-state index >= 15 is 0 Å². The van der Waals surface area contributed by atoms with Crippen LogP contribution in [0.2, 0.25) is 0 Å². The number of hydrogen-bond acceptors (Lipinski definition) is 6. The summed E-state index contributed by atoms with van der Waals surface area (Å²) in [6.45, 7) is 4.47. The highest BCUT2D eigenvalue weighted by Gasteiger charge is 2.29. The van der Waals surface area contributed by atoms with Gasteiger partial charge in [-0.3, -0.25) is 4.79 Å². The van der Waals surface area contributed by atoms with Crippen LogP contribution in [0.1, 0.15) is 12.8 Å². The minimum Gasteiger partial charge on any atom is -0.378 e. The Kier molecular flexibility index (Phi) is 5.52. The van der Waals surface area contributed by atoms with Gasteiger partial charge in [-0.2, -0.15) is 0 Å². The van der Waals surface area contributed by atoms with Gasteiger partial charge in [0.1, 0.15) is 5.69 Å². The molecule has 8 heteroatoms. The van der Waals surface area contributed by atoms with Crippen molar-refractivity contribution in [1.29, 1.82) is 0 Å². The lowest BCUT2D eigenvalue weighted by Crippen LogP contribution is -2.47. The van der Waals surface area contributed by atoms with Crippen LogP contribution >= 0.6 is 27.3 Å². The molecular formula is C18H21BrN4O2S.